The number of ether oxygens (including phenoxy) is 1. The van der Waals surface area contributed by atoms with Gasteiger partial charge in [0.15, 0.2) is 0 Å². The Morgan fingerprint density at radius 2 is 1.17 bits per heavy atom. The summed E-state index contributed by atoms with van der Waals surface area (Å²) in [7, 11) is 0. The summed E-state index contributed by atoms with van der Waals surface area (Å²) in [6, 6.07) is 53.2. The fourth-order valence-corrected chi connectivity index (χ4v) is 8.69. The first kappa shape index (κ1) is 27.8. The molecule has 1 aliphatic heterocycles. The Kier molecular flexibility index (Phi) is 6.58. The van der Waals surface area contributed by atoms with Crippen LogP contribution < -0.4 is 0 Å². The summed E-state index contributed by atoms with van der Waals surface area (Å²) in [6.07, 6.45) is 0.220. The van der Waals surface area contributed by atoms with Crippen molar-refractivity contribution in [2.45, 2.75) is 28.2 Å². The Labute approximate surface area is 277 Å². The molecule has 0 radical (unpaired) electrons. The fraction of sp³-hybridized carbons (Fsp3) is 0.0698. The van der Waals surface area contributed by atoms with E-state index in [-0.39, 0.29) is 19.0 Å². The molecule has 0 amide bonds. The van der Waals surface area contributed by atoms with Crippen LogP contribution in [0.15, 0.2) is 161 Å². The number of benzene rings is 6. The highest BCUT2D eigenvalue weighted by atomic mass is 32.2. The molecule has 224 valence electrons. The highest BCUT2D eigenvalue weighted by Crippen LogP contribution is 2.63. The van der Waals surface area contributed by atoms with Gasteiger partial charge in [-0.1, -0.05) is 151 Å². The van der Waals surface area contributed by atoms with E-state index in [0.717, 1.165) is 33.5 Å². The Balaban J connectivity index is 1.18. The van der Waals surface area contributed by atoms with Crippen molar-refractivity contribution in [2.24, 2.45) is 0 Å². The van der Waals surface area contributed by atoms with E-state index in [9.17, 15) is 4.79 Å². The van der Waals surface area contributed by atoms with E-state index in [1.807, 2.05) is 54.2 Å². The molecular formula is C43H29NO2S. The molecule has 4 heteroatoms. The van der Waals surface area contributed by atoms with Crippen LogP contribution >= 0.6 is 11.8 Å². The SMILES string of the molecule is O=C(Cc1ccc(-c2nc3c(c4ccccc24)C2(c4ccccc4Sc4ccccc42)c2ccccc2-3)cc1)OCc1ccccc1. The fourth-order valence-electron chi connectivity index (χ4n) is 7.50. The van der Waals surface area contributed by atoms with Gasteiger partial charge in [-0.25, -0.2) is 4.98 Å². The van der Waals surface area contributed by atoms with E-state index in [1.165, 1.54) is 43.0 Å². The normalized spacial score (nSPS) is 13.4. The van der Waals surface area contributed by atoms with Crippen LogP contribution in [0.3, 0.4) is 0 Å². The number of esters is 1. The van der Waals surface area contributed by atoms with Crippen molar-refractivity contribution in [1.82, 2.24) is 4.98 Å². The second kappa shape index (κ2) is 11.1. The molecule has 1 spiro atoms. The molecule has 47 heavy (non-hydrogen) atoms. The van der Waals surface area contributed by atoms with E-state index < -0.39 is 5.41 Å². The van der Waals surface area contributed by atoms with Crippen LogP contribution in [0.25, 0.3) is 33.3 Å². The van der Waals surface area contributed by atoms with Gasteiger partial charge in [0.2, 0.25) is 0 Å². The molecule has 6 aromatic carbocycles. The van der Waals surface area contributed by atoms with Crippen LogP contribution in [-0.2, 0) is 28.0 Å². The quantitative estimate of drug-likeness (QED) is 0.179. The lowest BCUT2D eigenvalue weighted by Crippen LogP contribution is -2.32. The Bertz CT molecular complexity index is 2280. The first-order chi connectivity index (χ1) is 23.2. The maximum atomic E-state index is 12.6. The molecule has 0 bridgehead atoms. The third-order valence-electron chi connectivity index (χ3n) is 9.49. The number of carbonyl (C=O) groups is 1. The van der Waals surface area contributed by atoms with Crippen LogP contribution in [-0.4, -0.2) is 11.0 Å². The van der Waals surface area contributed by atoms with Crippen molar-refractivity contribution >= 4 is 28.5 Å². The summed E-state index contributed by atoms with van der Waals surface area (Å²) >= 11 is 1.85. The average molecular weight is 624 g/mol. The van der Waals surface area contributed by atoms with Crippen LogP contribution in [0, 0.1) is 0 Å². The van der Waals surface area contributed by atoms with Crippen molar-refractivity contribution < 1.29 is 9.53 Å². The predicted octanol–water partition coefficient (Wildman–Crippen LogP) is 10.0. The zero-order valence-electron chi connectivity index (χ0n) is 25.5. The van der Waals surface area contributed by atoms with E-state index >= 15 is 0 Å². The monoisotopic (exact) mass is 623 g/mol. The molecular weight excluding hydrogens is 595 g/mol. The number of fused-ring (bicyclic) bond motifs is 11. The maximum absolute atomic E-state index is 12.6. The highest BCUT2D eigenvalue weighted by molar-refractivity contribution is 7.99. The number of rotatable bonds is 5. The summed E-state index contributed by atoms with van der Waals surface area (Å²) in [6.45, 7) is 0.277. The first-order valence-corrected chi connectivity index (χ1v) is 16.7. The number of hydrogen-bond donors (Lipinski definition) is 0. The van der Waals surface area contributed by atoms with Crippen molar-refractivity contribution in [3.8, 4) is 22.5 Å². The minimum absolute atomic E-state index is 0.220. The highest BCUT2D eigenvalue weighted by Gasteiger charge is 2.51. The van der Waals surface area contributed by atoms with Crippen LogP contribution in [0.4, 0.5) is 0 Å². The van der Waals surface area contributed by atoms with Crippen molar-refractivity contribution in [3.63, 3.8) is 0 Å². The van der Waals surface area contributed by atoms with Gasteiger partial charge in [-0.3, -0.25) is 4.79 Å². The van der Waals surface area contributed by atoms with Gasteiger partial charge in [-0.2, -0.15) is 0 Å². The maximum Gasteiger partial charge on any atom is 0.310 e. The first-order valence-electron chi connectivity index (χ1n) is 15.9. The second-order valence-corrected chi connectivity index (χ2v) is 13.2. The lowest BCUT2D eigenvalue weighted by molar-refractivity contribution is -0.144. The standard InChI is InChI=1S/C43H29NO2S/c45-39(46-27-29-12-2-1-3-13-29)26-28-22-24-30(25-23-28)41-32-15-5-4-14-31(32)40-42(44-41)33-16-6-7-17-34(33)43(40)35-18-8-10-20-37(35)47-38-21-11-9-19-36(38)43/h1-25H,26-27H2. The lowest BCUT2D eigenvalue weighted by Gasteiger charge is -2.40. The largest absolute Gasteiger partial charge is 0.461 e. The Hall–Kier alpha value is -5.45. The molecule has 0 N–H and O–H groups in total. The van der Waals surface area contributed by atoms with Gasteiger partial charge in [0, 0.05) is 31.9 Å². The molecule has 0 unspecified atom stereocenters. The zero-order chi connectivity index (χ0) is 31.4. The van der Waals surface area contributed by atoms with Crippen molar-refractivity contribution in [3.05, 3.63) is 185 Å². The van der Waals surface area contributed by atoms with E-state index in [2.05, 4.69) is 109 Å². The van der Waals surface area contributed by atoms with Gasteiger partial charge in [-0.15, -0.1) is 0 Å². The van der Waals surface area contributed by atoms with E-state index in [4.69, 9.17) is 9.72 Å². The second-order valence-electron chi connectivity index (χ2n) is 12.1. The van der Waals surface area contributed by atoms with Gasteiger partial charge >= 0.3 is 5.97 Å². The summed E-state index contributed by atoms with van der Waals surface area (Å²) in [5, 5.41) is 2.32. The van der Waals surface area contributed by atoms with Crippen molar-refractivity contribution in [1.29, 1.82) is 0 Å². The number of carbonyl (C=O) groups excluding carboxylic acids is 1. The molecule has 0 saturated heterocycles. The van der Waals surface area contributed by atoms with Crippen molar-refractivity contribution in [2.75, 3.05) is 0 Å². The molecule has 2 aliphatic rings. The van der Waals surface area contributed by atoms with E-state index in [1.54, 1.807) is 0 Å². The van der Waals surface area contributed by atoms with Gasteiger partial charge in [0.25, 0.3) is 0 Å². The van der Waals surface area contributed by atoms with Gasteiger partial charge in [0.1, 0.15) is 6.61 Å². The molecule has 0 fully saturated rings. The van der Waals surface area contributed by atoms with Gasteiger partial charge in [-0.05, 0) is 45.3 Å². The zero-order valence-corrected chi connectivity index (χ0v) is 26.3. The third-order valence-corrected chi connectivity index (χ3v) is 10.6. The molecule has 0 saturated carbocycles. The van der Waals surface area contributed by atoms with Crippen LogP contribution in [0.2, 0.25) is 0 Å². The van der Waals surface area contributed by atoms with Crippen LogP contribution in [0.1, 0.15) is 33.4 Å². The molecule has 7 aromatic rings. The lowest BCUT2D eigenvalue weighted by atomic mass is 9.66. The van der Waals surface area contributed by atoms with Gasteiger partial charge < -0.3 is 4.74 Å². The summed E-state index contributed by atoms with van der Waals surface area (Å²) in [5.41, 5.74) is 10.7. The minimum Gasteiger partial charge on any atom is -0.461 e. The number of aromatic nitrogens is 1. The molecule has 2 heterocycles. The van der Waals surface area contributed by atoms with Gasteiger partial charge in [0.05, 0.1) is 23.2 Å². The average Bonchev–Trinajstić information content (AvgIpc) is 3.42. The van der Waals surface area contributed by atoms with E-state index in [0.29, 0.717) is 0 Å². The number of hydrogen-bond acceptors (Lipinski definition) is 4. The minimum atomic E-state index is -0.487. The van der Waals surface area contributed by atoms with Crippen LogP contribution in [0.5, 0.6) is 0 Å². The third kappa shape index (κ3) is 4.36. The smallest absolute Gasteiger partial charge is 0.310 e. The molecule has 1 aliphatic carbocycles. The summed E-state index contributed by atoms with van der Waals surface area (Å²) in [4.78, 5) is 20.7. The summed E-state index contributed by atoms with van der Waals surface area (Å²) in [5.74, 6) is -0.240. The molecule has 3 nitrogen and oxygen atoms in total. The topological polar surface area (TPSA) is 39.2 Å². The molecule has 1 aromatic heterocycles. The Morgan fingerprint density at radius 3 is 1.89 bits per heavy atom. The molecule has 9 rings (SSSR count). The number of nitrogens with zero attached hydrogens (tertiary/aromatic N) is 1. The summed E-state index contributed by atoms with van der Waals surface area (Å²) < 4.78 is 5.54. The molecule has 0 atom stereocenters. The number of pyridine rings is 1. The predicted molar refractivity (Wildman–Crippen MR) is 189 cm³/mol. The Morgan fingerprint density at radius 1 is 0.574 bits per heavy atom.